The minimum atomic E-state index is -1.05. The van der Waals surface area contributed by atoms with Crippen LogP contribution in [0.1, 0.15) is 65.5 Å². The second-order valence-corrected chi connectivity index (χ2v) is 12.3. The number of likely N-dealkylation sites (tertiary alicyclic amines) is 1. The van der Waals surface area contributed by atoms with Crippen molar-refractivity contribution in [2.75, 3.05) is 33.2 Å². The number of benzene rings is 3. The van der Waals surface area contributed by atoms with Gasteiger partial charge in [0.15, 0.2) is 0 Å². The number of rotatable bonds is 14. The van der Waals surface area contributed by atoms with Crippen LogP contribution in [0.5, 0.6) is 0 Å². The van der Waals surface area contributed by atoms with Gasteiger partial charge in [-0.05, 0) is 60.1 Å². The molecule has 3 aromatic rings. The summed E-state index contributed by atoms with van der Waals surface area (Å²) in [5.41, 5.74) is 4.04. The standard InChI is InChI=1S/C37H46FN5O3/c1-5-34(36(45)41-21-25(2)3)40-23-32(17-26-11-7-6-8-12-26)42-35(44)29-18-28(33-14-10-9-13-27(33)22-39-4)19-30(20-29)37(46)43-16-15-31(38)24-43/h6-14,18-20,22,25,31-32,34,40H,5,15-17,21,23-24H2,1-4H3,(H,41,45)(H,42,44)/t31-,32+,34+/m1/s1. The van der Waals surface area contributed by atoms with E-state index in [9.17, 15) is 18.8 Å². The van der Waals surface area contributed by atoms with Crippen molar-refractivity contribution in [3.8, 4) is 11.1 Å². The van der Waals surface area contributed by atoms with E-state index >= 15 is 0 Å². The minimum Gasteiger partial charge on any atom is -0.354 e. The topological polar surface area (TPSA) is 103 Å². The van der Waals surface area contributed by atoms with Crippen LogP contribution in [0.2, 0.25) is 0 Å². The number of nitrogens with zero attached hydrogens (tertiary/aromatic N) is 2. The van der Waals surface area contributed by atoms with Gasteiger partial charge in [0.25, 0.3) is 11.8 Å². The molecule has 0 bridgehead atoms. The van der Waals surface area contributed by atoms with Crippen LogP contribution in [0.25, 0.3) is 11.1 Å². The van der Waals surface area contributed by atoms with Crippen molar-refractivity contribution in [2.24, 2.45) is 10.9 Å². The molecule has 46 heavy (non-hydrogen) atoms. The summed E-state index contributed by atoms with van der Waals surface area (Å²) in [7, 11) is 1.69. The van der Waals surface area contributed by atoms with Gasteiger partial charge in [0.2, 0.25) is 5.91 Å². The molecule has 1 aliphatic rings. The van der Waals surface area contributed by atoms with Crippen LogP contribution in [-0.4, -0.2) is 80.3 Å². The summed E-state index contributed by atoms with van der Waals surface area (Å²) in [5, 5.41) is 9.52. The molecule has 0 aromatic heterocycles. The molecule has 3 amide bonds. The summed E-state index contributed by atoms with van der Waals surface area (Å²) in [4.78, 5) is 46.0. The molecular formula is C37H46FN5O3. The van der Waals surface area contributed by atoms with Gasteiger partial charge < -0.3 is 20.9 Å². The Morgan fingerprint density at radius 3 is 2.39 bits per heavy atom. The molecule has 0 unspecified atom stereocenters. The van der Waals surface area contributed by atoms with Gasteiger partial charge in [0, 0.05) is 55.6 Å². The van der Waals surface area contributed by atoms with Gasteiger partial charge in [-0.2, -0.15) is 0 Å². The molecule has 244 valence electrons. The van der Waals surface area contributed by atoms with Gasteiger partial charge in [0.05, 0.1) is 12.6 Å². The third kappa shape index (κ3) is 9.57. The molecule has 0 spiro atoms. The molecule has 4 rings (SSSR count). The van der Waals surface area contributed by atoms with Gasteiger partial charge in [-0.3, -0.25) is 19.4 Å². The normalized spacial score (nSPS) is 16.0. The van der Waals surface area contributed by atoms with Gasteiger partial charge in [-0.15, -0.1) is 0 Å². The highest BCUT2D eigenvalue weighted by Crippen LogP contribution is 2.27. The van der Waals surface area contributed by atoms with Gasteiger partial charge >= 0.3 is 0 Å². The lowest BCUT2D eigenvalue weighted by molar-refractivity contribution is -0.123. The fraction of sp³-hybridized carbons (Fsp3) is 0.405. The number of hydrogen-bond donors (Lipinski definition) is 3. The van der Waals surface area contributed by atoms with Crippen molar-refractivity contribution in [3.63, 3.8) is 0 Å². The zero-order chi connectivity index (χ0) is 33.1. The van der Waals surface area contributed by atoms with Crippen molar-refractivity contribution >= 4 is 23.9 Å². The summed E-state index contributed by atoms with van der Waals surface area (Å²) in [6, 6.07) is 21.9. The van der Waals surface area contributed by atoms with E-state index in [1.54, 1.807) is 31.5 Å². The molecule has 1 heterocycles. The first-order valence-electron chi connectivity index (χ1n) is 16.1. The van der Waals surface area contributed by atoms with Crippen LogP contribution in [-0.2, 0) is 11.2 Å². The van der Waals surface area contributed by atoms with E-state index in [1.807, 2.05) is 75.4 Å². The van der Waals surface area contributed by atoms with Crippen LogP contribution >= 0.6 is 0 Å². The third-order valence-corrected chi connectivity index (χ3v) is 8.08. The van der Waals surface area contributed by atoms with Crippen LogP contribution in [0, 0.1) is 5.92 Å². The van der Waals surface area contributed by atoms with Gasteiger partial charge in [0.1, 0.15) is 6.17 Å². The average molecular weight is 628 g/mol. The highest BCUT2D eigenvalue weighted by Gasteiger charge is 2.28. The molecular weight excluding hydrogens is 581 g/mol. The smallest absolute Gasteiger partial charge is 0.253 e. The first-order valence-corrected chi connectivity index (χ1v) is 16.1. The van der Waals surface area contributed by atoms with Crippen molar-refractivity contribution < 1.29 is 18.8 Å². The lowest BCUT2D eigenvalue weighted by atomic mass is 9.95. The molecule has 0 radical (unpaired) electrons. The van der Waals surface area contributed by atoms with Crippen molar-refractivity contribution in [2.45, 2.75) is 58.3 Å². The van der Waals surface area contributed by atoms with Crippen LogP contribution < -0.4 is 16.0 Å². The Balaban J connectivity index is 1.64. The molecule has 1 saturated heterocycles. The number of aliphatic imine (C=N–C) groups is 1. The largest absolute Gasteiger partial charge is 0.354 e. The Kier molecular flexibility index (Phi) is 12.6. The zero-order valence-corrected chi connectivity index (χ0v) is 27.3. The summed E-state index contributed by atoms with van der Waals surface area (Å²) in [6.45, 7) is 7.38. The maximum Gasteiger partial charge on any atom is 0.253 e. The number of carbonyl (C=O) groups excluding carboxylic acids is 3. The molecule has 1 fully saturated rings. The van der Waals surface area contributed by atoms with E-state index in [1.165, 1.54) is 4.90 Å². The SMILES string of the molecule is CC[C@H](NC[C@H](Cc1ccccc1)NC(=O)c1cc(C(=O)N2CC[C@@H](F)C2)cc(-c2ccccc2C=NC)c1)C(=O)NCC(C)C. The van der Waals surface area contributed by atoms with Crippen LogP contribution in [0.15, 0.2) is 77.8 Å². The lowest BCUT2D eigenvalue weighted by Crippen LogP contribution is -2.50. The van der Waals surface area contributed by atoms with E-state index in [-0.39, 0.29) is 30.3 Å². The van der Waals surface area contributed by atoms with E-state index < -0.39 is 12.2 Å². The number of carbonyl (C=O) groups is 3. The van der Waals surface area contributed by atoms with Crippen molar-refractivity contribution in [1.82, 2.24) is 20.9 Å². The molecule has 3 aromatic carbocycles. The quantitative estimate of drug-likeness (QED) is 0.217. The number of halogens is 1. The highest BCUT2D eigenvalue weighted by molar-refractivity contribution is 6.02. The van der Waals surface area contributed by atoms with E-state index in [0.717, 1.165) is 16.7 Å². The number of hydrogen-bond acceptors (Lipinski definition) is 5. The molecule has 3 atom stereocenters. The van der Waals surface area contributed by atoms with Gasteiger partial charge in [-0.1, -0.05) is 75.4 Å². The second kappa shape index (κ2) is 16.8. The Labute approximate surface area is 271 Å². The summed E-state index contributed by atoms with van der Waals surface area (Å²) < 4.78 is 14.0. The summed E-state index contributed by atoms with van der Waals surface area (Å²) in [5.74, 6) is -0.381. The van der Waals surface area contributed by atoms with Crippen LogP contribution in [0.3, 0.4) is 0 Å². The Hall–Kier alpha value is -4.37. The summed E-state index contributed by atoms with van der Waals surface area (Å²) >= 11 is 0. The average Bonchev–Trinajstić information content (AvgIpc) is 3.50. The van der Waals surface area contributed by atoms with E-state index in [2.05, 4.69) is 20.9 Å². The van der Waals surface area contributed by atoms with E-state index in [4.69, 9.17) is 0 Å². The predicted octanol–water partition coefficient (Wildman–Crippen LogP) is 5.07. The van der Waals surface area contributed by atoms with Crippen LogP contribution in [0.4, 0.5) is 4.39 Å². The highest BCUT2D eigenvalue weighted by atomic mass is 19.1. The Morgan fingerprint density at radius 2 is 1.72 bits per heavy atom. The van der Waals surface area contributed by atoms with Crippen molar-refractivity contribution in [1.29, 1.82) is 0 Å². The monoisotopic (exact) mass is 627 g/mol. The molecule has 9 heteroatoms. The number of amides is 3. The van der Waals surface area contributed by atoms with E-state index in [0.29, 0.717) is 61.5 Å². The molecule has 0 saturated carbocycles. The molecule has 0 aliphatic carbocycles. The predicted molar refractivity (Wildman–Crippen MR) is 182 cm³/mol. The fourth-order valence-electron chi connectivity index (χ4n) is 5.61. The Morgan fingerprint density at radius 1 is 1.00 bits per heavy atom. The van der Waals surface area contributed by atoms with Crippen molar-refractivity contribution in [3.05, 3.63) is 95.1 Å². The maximum absolute atomic E-state index is 14.0. The molecule has 8 nitrogen and oxygen atoms in total. The Bertz CT molecular complexity index is 1510. The fourth-order valence-corrected chi connectivity index (χ4v) is 5.61. The number of nitrogens with one attached hydrogen (secondary N) is 3. The third-order valence-electron chi connectivity index (χ3n) is 8.08. The van der Waals surface area contributed by atoms with Gasteiger partial charge in [-0.25, -0.2) is 4.39 Å². The molecule has 3 N–H and O–H groups in total. The maximum atomic E-state index is 14.0. The summed E-state index contributed by atoms with van der Waals surface area (Å²) in [6.07, 6.45) is 2.12. The first kappa shape index (κ1) is 34.5. The minimum absolute atomic E-state index is 0.0395. The first-order chi connectivity index (χ1) is 22.2. The number of alkyl halides is 1. The lowest BCUT2D eigenvalue weighted by Gasteiger charge is -2.24. The molecule has 1 aliphatic heterocycles. The second-order valence-electron chi connectivity index (χ2n) is 12.3. The zero-order valence-electron chi connectivity index (χ0n) is 27.3.